The van der Waals surface area contributed by atoms with Crippen molar-refractivity contribution in [3.05, 3.63) is 23.4 Å². The predicted molar refractivity (Wildman–Crippen MR) is 89.1 cm³/mol. The van der Waals surface area contributed by atoms with Gasteiger partial charge in [0.25, 0.3) is 0 Å². The topological polar surface area (TPSA) is 68.5 Å². The highest BCUT2D eigenvalue weighted by molar-refractivity contribution is 5.84. The lowest BCUT2D eigenvalue weighted by molar-refractivity contribution is -0.135. The van der Waals surface area contributed by atoms with Crippen molar-refractivity contribution in [2.45, 2.75) is 53.2 Å². The van der Waals surface area contributed by atoms with Crippen LogP contribution in [0.25, 0.3) is 0 Å². The number of methoxy groups -OCH3 is 1. The summed E-state index contributed by atoms with van der Waals surface area (Å²) in [5, 5.41) is 8.05. The maximum atomic E-state index is 13.2. The lowest BCUT2D eigenvalue weighted by Crippen LogP contribution is -2.34. The number of likely N-dealkylation sites (tertiary alicyclic amines) is 1. The molecule has 6 nitrogen and oxygen atoms in total. The number of rotatable bonds is 4. The van der Waals surface area contributed by atoms with Gasteiger partial charge in [-0.05, 0) is 25.2 Å². The van der Waals surface area contributed by atoms with E-state index in [9.17, 15) is 4.79 Å². The van der Waals surface area contributed by atoms with Crippen LogP contribution in [0.4, 0.5) is 0 Å². The zero-order chi connectivity index (χ0) is 17.6. The van der Waals surface area contributed by atoms with Crippen LogP contribution >= 0.6 is 0 Å². The summed E-state index contributed by atoms with van der Waals surface area (Å²) in [6.07, 6.45) is 2.93. The Morgan fingerprint density at radius 2 is 2.08 bits per heavy atom. The molecule has 1 aromatic rings. The molecule has 0 radical (unpaired) electrons. The number of carbonyl (C=O) groups excluding carboxylic acids is 1. The molecule has 24 heavy (non-hydrogen) atoms. The van der Waals surface area contributed by atoms with Gasteiger partial charge in [0.05, 0.1) is 12.0 Å². The van der Waals surface area contributed by atoms with Gasteiger partial charge in [0.15, 0.2) is 0 Å². The normalized spacial score (nSPS) is 31.2. The van der Waals surface area contributed by atoms with E-state index >= 15 is 0 Å². The molecule has 0 bridgehead atoms. The number of allylic oxidation sites excluding steroid dienone is 2. The van der Waals surface area contributed by atoms with Gasteiger partial charge in [0.1, 0.15) is 6.04 Å². The molecule has 1 saturated carbocycles. The van der Waals surface area contributed by atoms with E-state index in [0.29, 0.717) is 30.7 Å². The van der Waals surface area contributed by atoms with Gasteiger partial charge in [-0.1, -0.05) is 25.5 Å². The number of amides is 1. The molecule has 0 spiro atoms. The first-order valence-corrected chi connectivity index (χ1v) is 8.54. The average Bonchev–Trinajstić information content (AvgIpc) is 2.92. The predicted octanol–water partition coefficient (Wildman–Crippen LogP) is 2.90. The molecule has 1 saturated heterocycles. The molecule has 2 heterocycles. The Hall–Kier alpha value is -1.69. The zero-order valence-corrected chi connectivity index (χ0v) is 15.4. The molecule has 1 amide bonds. The summed E-state index contributed by atoms with van der Waals surface area (Å²) >= 11 is 0. The third-order valence-electron chi connectivity index (χ3n) is 5.40. The molecule has 0 aromatic carbocycles. The van der Waals surface area contributed by atoms with Crippen molar-refractivity contribution in [3.8, 4) is 0 Å². The van der Waals surface area contributed by atoms with Crippen LogP contribution in [-0.4, -0.2) is 40.8 Å². The summed E-state index contributed by atoms with van der Waals surface area (Å²) in [4.78, 5) is 15.1. The van der Waals surface area contributed by atoms with Crippen molar-refractivity contribution in [2.75, 3.05) is 13.7 Å². The van der Waals surface area contributed by atoms with Gasteiger partial charge in [-0.25, -0.2) is 0 Å². The van der Waals surface area contributed by atoms with Crippen molar-refractivity contribution in [1.29, 1.82) is 0 Å². The third kappa shape index (κ3) is 2.88. The molecule has 3 rings (SSSR count). The maximum Gasteiger partial charge on any atom is 0.239 e. The average molecular weight is 333 g/mol. The minimum atomic E-state index is -0.188. The summed E-state index contributed by atoms with van der Waals surface area (Å²) in [6, 6.07) is -0.188. The maximum absolute atomic E-state index is 13.2. The fourth-order valence-electron chi connectivity index (χ4n) is 3.89. The van der Waals surface area contributed by atoms with Crippen molar-refractivity contribution >= 4 is 5.91 Å². The first-order chi connectivity index (χ1) is 11.3. The van der Waals surface area contributed by atoms with Crippen LogP contribution in [0, 0.1) is 24.2 Å². The molecule has 6 heteroatoms. The van der Waals surface area contributed by atoms with E-state index in [2.05, 4.69) is 44.0 Å². The number of nitrogens with zero attached hydrogens (tertiary/aromatic N) is 3. The number of carbonyl (C=O) groups is 1. The SMILES string of the molecule is CO[C@@H]1C[C@H](c2nnc(C)o2)N(C(=O)C2C(C=C(C)C)C2(C)C)C1. The first-order valence-electron chi connectivity index (χ1n) is 8.54. The van der Waals surface area contributed by atoms with E-state index in [-0.39, 0.29) is 29.4 Å². The van der Waals surface area contributed by atoms with Crippen LogP contribution in [0.5, 0.6) is 0 Å². The smallest absolute Gasteiger partial charge is 0.239 e. The fourth-order valence-corrected chi connectivity index (χ4v) is 3.89. The molecule has 1 aromatic heterocycles. The van der Waals surface area contributed by atoms with Crippen LogP contribution in [0.15, 0.2) is 16.1 Å². The van der Waals surface area contributed by atoms with Gasteiger partial charge in [-0.15, -0.1) is 10.2 Å². The number of ether oxygens (including phenoxy) is 1. The van der Waals surface area contributed by atoms with E-state index < -0.39 is 0 Å². The van der Waals surface area contributed by atoms with Crippen molar-refractivity contribution in [3.63, 3.8) is 0 Å². The van der Waals surface area contributed by atoms with Crippen LogP contribution in [0.3, 0.4) is 0 Å². The Balaban J connectivity index is 1.83. The third-order valence-corrected chi connectivity index (χ3v) is 5.40. The van der Waals surface area contributed by atoms with Crippen LogP contribution in [-0.2, 0) is 9.53 Å². The summed E-state index contributed by atoms with van der Waals surface area (Å²) in [6.45, 7) is 10.8. The number of aryl methyl sites for hydroxylation is 1. The molecule has 1 aliphatic carbocycles. The van der Waals surface area contributed by atoms with Gasteiger partial charge in [-0.2, -0.15) is 0 Å². The second-order valence-electron chi connectivity index (χ2n) is 7.83. The standard InChI is InChI=1S/C18H27N3O3/c1-10(2)7-13-15(18(13,4)5)17(22)21-9-12(23-6)8-14(21)16-20-19-11(3)24-16/h7,12-15H,8-9H2,1-6H3/t12-,13?,14-,15?/m1/s1. The minimum absolute atomic E-state index is 0.00514. The molecular formula is C18H27N3O3. The highest BCUT2D eigenvalue weighted by atomic mass is 16.5. The van der Waals surface area contributed by atoms with E-state index in [1.54, 1.807) is 14.0 Å². The van der Waals surface area contributed by atoms with E-state index in [1.165, 1.54) is 5.57 Å². The Kier molecular flexibility index (Phi) is 4.28. The fraction of sp³-hybridized carbons (Fsp3) is 0.722. The molecular weight excluding hydrogens is 306 g/mol. The summed E-state index contributed by atoms with van der Waals surface area (Å²) in [5.74, 6) is 1.50. The molecule has 1 aliphatic heterocycles. The number of hydrogen-bond donors (Lipinski definition) is 0. The molecule has 2 fully saturated rings. The second-order valence-corrected chi connectivity index (χ2v) is 7.83. The van der Waals surface area contributed by atoms with Crippen molar-refractivity contribution < 1.29 is 13.9 Å². The Morgan fingerprint density at radius 3 is 2.62 bits per heavy atom. The van der Waals surface area contributed by atoms with E-state index in [0.717, 1.165) is 0 Å². The molecule has 2 unspecified atom stereocenters. The van der Waals surface area contributed by atoms with Gasteiger partial charge in [-0.3, -0.25) is 4.79 Å². The van der Waals surface area contributed by atoms with Gasteiger partial charge in [0.2, 0.25) is 17.7 Å². The molecule has 0 N–H and O–H groups in total. The Labute approximate surface area is 143 Å². The van der Waals surface area contributed by atoms with E-state index in [1.807, 2.05) is 4.90 Å². The van der Waals surface area contributed by atoms with Crippen molar-refractivity contribution in [1.82, 2.24) is 15.1 Å². The summed E-state index contributed by atoms with van der Waals surface area (Å²) in [5.41, 5.74) is 1.25. The molecule has 4 atom stereocenters. The quantitative estimate of drug-likeness (QED) is 0.793. The Morgan fingerprint density at radius 1 is 1.38 bits per heavy atom. The number of aromatic nitrogens is 2. The lowest BCUT2D eigenvalue weighted by Gasteiger charge is -2.22. The van der Waals surface area contributed by atoms with Crippen LogP contribution in [0.2, 0.25) is 0 Å². The summed E-state index contributed by atoms with van der Waals surface area (Å²) < 4.78 is 11.1. The highest BCUT2D eigenvalue weighted by Crippen LogP contribution is 2.60. The first kappa shape index (κ1) is 17.1. The Bertz CT molecular complexity index is 660. The van der Waals surface area contributed by atoms with Gasteiger partial charge < -0.3 is 14.1 Å². The second kappa shape index (κ2) is 5.99. The van der Waals surface area contributed by atoms with Gasteiger partial charge >= 0.3 is 0 Å². The molecule has 2 aliphatic rings. The highest BCUT2D eigenvalue weighted by Gasteiger charge is 2.62. The molecule has 132 valence electrons. The largest absolute Gasteiger partial charge is 0.423 e. The minimum Gasteiger partial charge on any atom is -0.423 e. The lowest BCUT2D eigenvalue weighted by atomic mass is 10.1. The van der Waals surface area contributed by atoms with Crippen LogP contribution < -0.4 is 0 Å². The van der Waals surface area contributed by atoms with Crippen LogP contribution in [0.1, 0.15) is 51.9 Å². The zero-order valence-electron chi connectivity index (χ0n) is 15.4. The van der Waals surface area contributed by atoms with Gasteiger partial charge in [0, 0.05) is 27.0 Å². The number of hydrogen-bond acceptors (Lipinski definition) is 5. The summed E-state index contributed by atoms with van der Waals surface area (Å²) in [7, 11) is 1.68. The van der Waals surface area contributed by atoms with Crippen molar-refractivity contribution in [2.24, 2.45) is 17.3 Å². The monoisotopic (exact) mass is 333 g/mol. The van der Waals surface area contributed by atoms with E-state index in [4.69, 9.17) is 9.15 Å².